The van der Waals surface area contributed by atoms with Crippen molar-refractivity contribution in [2.75, 3.05) is 0 Å². The zero-order valence-corrected chi connectivity index (χ0v) is 13.0. The third kappa shape index (κ3) is 2.70. The van der Waals surface area contributed by atoms with Crippen molar-refractivity contribution in [3.63, 3.8) is 0 Å². The third-order valence-electron chi connectivity index (χ3n) is 3.48. The average Bonchev–Trinajstić information content (AvgIpc) is 2.93. The quantitative estimate of drug-likeness (QED) is 0.731. The van der Waals surface area contributed by atoms with E-state index in [2.05, 4.69) is 4.98 Å². The minimum atomic E-state index is -0.627. The van der Waals surface area contributed by atoms with Crippen LogP contribution in [0.4, 0.5) is 0 Å². The Kier molecular flexibility index (Phi) is 3.86. The molecule has 5 heteroatoms. The number of aromatic nitrogens is 2. The highest BCUT2D eigenvalue weighted by Crippen LogP contribution is 2.23. The number of halogens is 1. The average molecular weight is 315 g/mol. The van der Waals surface area contributed by atoms with Crippen LogP contribution in [-0.4, -0.2) is 21.6 Å². The molecule has 4 nitrogen and oxygen atoms in total. The zero-order valence-electron chi connectivity index (χ0n) is 12.3. The normalized spacial score (nSPS) is 12.3. The van der Waals surface area contributed by atoms with Crippen LogP contribution in [0.1, 0.15) is 17.3 Å². The molecule has 0 aliphatic heterocycles. The van der Waals surface area contributed by atoms with E-state index >= 15 is 0 Å². The van der Waals surface area contributed by atoms with Gasteiger partial charge < -0.3 is 4.74 Å². The monoisotopic (exact) mass is 314 g/mol. The number of fused-ring (bicyclic) bond motifs is 1. The molecule has 2 aromatic carbocycles. The number of nitrogens with zero attached hydrogens (tertiary/aromatic N) is 2. The summed E-state index contributed by atoms with van der Waals surface area (Å²) < 4.78 is 7.30. The number of imidazole rings is 1. The molecule has 0 spiro atoms. The number of ether oxygens (including phenoxy) is 1. The van der Waals surface area contributed by atoms with Crippen molar-refractivity contribution in [2.45, 2.75) is 20.0 Å². The summed E-state index contributed by atoms with van der Waals surface area (Å²) in [4.78, 5) is 16.8. The molecule has 112 valence electrons. The molecule has 3 rings (SSSR count). The summed E-state index contributed by atoms with van der Waals surface area (Å²) in [6.07, 6.45) is 0.902. The predicted molar refractivity (Wildman–Crippen MR) is 86.6 cm³/mol. The summed E-state index contributed by atoms with van der Waals surface area (Å²) >= 11 is 5.93. The van der Waals surface area contributed by atoms with Crippen molar-refractivity contribution in [3.8, 4) is 5.75 Å². The van der Waals surface area contributed by atoms with Crippen molar-refractivity contribution >= 4 is 28.5 Å². The molecule has 0 fully saturated rings. The second kappa shape index (κ2) is 5.81. The van der Waals surface area contributed by atoms with E-state index in [9.17, 15) is 4.79 Å². The molecular formula is C17H15ClN2O2. The number of rotatable bonds is 3. The number of carbonyl (C=O) groups is 1. The number of para-hydroxylation sites is 2. The summed E-state index contributed by atoms with van der Waals surface area (Å²) in [5, 5.41) is 0.643. The van der Waals surface area contributed by atoms with Gasteiger partial charge in [-0.25, -0.2) is 4.98 Å². The molecule has 0 aliphatic rings. The largest absolute Gasteiger partial charge is 0.481 e. The van der Waals surface area contributed by atoms with Crippen LogP contribution < -0.4 is 4.74 Å². The lowest BCUT2D eigenvalue weighted by Crippen LogP contribution is -2.29. The van der Waals surface area contributed by atoms with Crippen LogP contribution in [0.5, 0.6) is 5.75 Å². The standard InChI is InChI=1S/C17H15ClN2O2/c1-11-9-13(18)7-8-16(11)22-12(2)17(21)20-10-19-14-5-3-4-6-15(14)20/h3-10,12H,1-2H3/t12-/m1/s1. The molecule has 1 atom stereocenters. The fraction of sp³-hybridized carbons (Fsp3) is 0.176. The summed E-state index contributed by atoms with van der Waals surface area (Å²) in [5.41, 5.74) is 2.45. The Labute approximate surface area is 133 Å². The van der Waals surface area contributed by atoms with Crippen molar-refractivity contribution < 1.29 is 9.53 Å². The van der Waals surface area contributed by atoms with Gasteiger partial charge in [0.1, 0.15) is 12.1 Å². The third-order valence-corrected chi connectivity index (χ3v) is 3.71. The number of hydrogen-bond acceptors (Lipinski definition) is 3. The fourth-order valence-electron chi connectivity index (χ4n) is 2.32. The maximum atomic E-state index is 12.6. The molecule has 0 amide bonds. The van der Waals surface area contributed by atoms with Crippen LogP contribution in [0, 0.1) is 6.92 Å². The molecule has 0 unspecified atom stereocenters. The molecule has 1 aromatic heterocycles. The van der Waals surface area contributed by atoms with Crippen LogP contribution in [0.2, 0.25) is 5.02 Å². The van der Waals surface area contributed by atoms with Gasteiger partial charge in [-0.3, -0.25) is 9.36 Å². The predicted octanol–water partition coefficient (Wildman–Crippen LogP) is 4.11. The van der Waals surface area contributed by atoms with Gasteiger partial charge >= 0.3 is 0 Å². The van der Waals surface area contributed by atoms with E-state index in [1.165, 1.54) is 10.9 Å². The highest BCUT2D eigenvalue weighted by molar-refractivity contribution is 6.30. The molecule has 0 aliphatic carbocycles. The van der Waals surface area contributed by atoms with Crippen molar-refractivity contribution in [2.24, 2.45) is 0 Å². The smallest absolute Gasteiger partial charge is 0.273 e. The van der Waals surface area contributed by atoms with E-state index in [0.29, 0.717) is 10.8 Å². The van der Waals surface area contributed by atoms with Gasteiger partial charge in [0.15, 0.2) is 6.10 Å². The first-order valence-electron chi connectivity index (χ1n) is 6.95. The molecule has 3 aromatic rings. The molecule has 22 heavy (non-hydrogen) atoms. The Balaban J connectivity index is 1.85. The second-order valence-electron chi connectivity index (χ2n) is 5.11. The molecule has 0 saturated heterocycles. The first-order chi connectivity index (χ1) is 10.6. The van der Waals surface area contributed by atoms with Crippen molar-refractivity contribution in [1.29, 1.82) is 0 Å². The lowest BCUT2D eigenvalue weighted by Gasteiger charge is -2.16. The van der Waals surface area contributed by atoms with Gasteiger partial charge in [-0.15, -0.1) is 0 Å². The molecule has 1 heterocycles. The molecule has 0 bridgehead atoms. The minimum absolute atomic E-state index is 0.164. The fourth-order valence-corrected chi connectivity index (χ4v) is 2.54. The summed E-state index contributed by atoms with van der Waals surface area (Å²) in [5.74, 6) is 0.484. The Morgan fingerprint density at radius 3 is 2.82 bits per heavy atom. The van der Waals surface area contributed by atoms with E-state index in [0.717, 1.165) is 16.6 Å². The van der Waals surface area contributed by atoms with Gasteiger partial charge in [0.05, 0.1) is 11.0 Å². The Hall–Kier alpha value is -2.33. The number of hydrogen-bond donors (Lipinski definition) is 0. The topological polar surface area (TPSA) is 44.1 Å². The van der Waals surface area contributed by atoms with Gasteiger partial charge in [0.2, 0.25) is 0 Å². The highest BCUT2D eigenvalue weighted by Gasteiger charge is 2.19. The van der Waals surface area contributed by atoms with Gasteiger partial charge in [-0.2, -0.15) is 0 Å². The van der Waals surface area contributed by atoms with Crippen LogP contribution >= 0.6 is 11.6 Å². The van der Waals surface area contributed by atoms with Gasteiger partial charge in [0.25, 0.3) is 5.91 Å². The second-order valence-corrected chi connectivity index (χ2v) is 5.55. The van der Waals surface area contributed by atoms with Crippen LogP contribution in [0.25, 0.3) is 11.0 Å². The van der Waals surface area contributed by atoms with Crippen molar-refractivity contribution in [1.82, 2.24) is 9.55 Å². The maximum Gasteiger partial charge on any atom is 0.273 e. The van der Waals surface area contributed by atoms with Crippen molar-refractivity contribution in [3.05, 3.63) is 59.4 Å². The lowest BCUT2D eigenvalue weighted by atomic mass is 10.2. The Morgan fingerprint density at radius 1 is 1.27 bits per heavy atom. The van der Waals surface area contributed by atoms with E-state index in [1.54, 1.807) is 25.1 Å². The number of carbonyl (C=O) groups excluding carboxylic acids is 1. The SMILES string of the molecule is Cc1cc(Cl)ccc1O[C@H](C)C(=O)n1cnc2ccccc21. The molecule has 0 radical (unpaired) electrons. The molecule has 0 N–H and O–H groups in total. The van der Waals surface area contributed by atoms with Crippen LogP contribution in [0.15, 0.2) is 48.8 Å². The first-order valence-corrected chi connectivity index (χ1v) is 7.33. The molecular weight excluding hydrogens is 300 g/mol. The summed E-state index contributed by atoms with van der Waals surface area (Å²) in [7, 11) is 0. The Morgan fingerprint density at radius 2 is 2.05 bits per heavy atom. The molecule has 0 saturated carbocycles. The summed E-state index contributed by atoms with van der Waals surface area (Å²) in [6.45, 7) is 3.62. The lowest BCUT2D eigenvalue weighted by molar-refractivity contribution is 0.0732. The van der Waals surface area contributed by atoms with Crippen LogP contribution in [-0.2, 0) is 0 Å². The van der Waals surface area contributed by atoms with Gasteiger partial charge in [-0.1, -0.05) is 23.7 Å². The minimum Gasteiger partial charge on any atom is -0.481 e. The zero-order chi connectivity index (χ0) is 15.7. The Bertz CT molecular complexity index is 842. The van der Waals surface area contributed by atoms with E-state index in [1.807, 2.05) is 31.2 Å². The van der Waals surface area contributed by atoms with E-state index < -0.39 is 6.10 Å². The first kappa shape index (κ1) is 14.6. The van der Waals surface area contributed by atoms with Gasteiger partial charge in [0, 0.05) is 5.02 Å². The summed E-state index contributed by atoms with van der Waals surface area (Å²) in [6, 6.07) is 12.8. The van der Waals surface area contributed by atoms with Gasteiger partial charge in [-0.05, 0) is 49.7 Å². The highest BCUT2D eigenvalue weighted by atomic mass is 35.5. The van der Waals surface area contributed by atoms with Crippen LogP contribution in [0.3, 0.4) is 0 Å². The van der Waals surface area contributed by atoms with E-state index in [4.69, 9.17) is 16.3 Å². The maximum absolute atomic E-state index is 12.6. The van der Waals surface area contributed by atoms with E-state index in [-0.39, 0.29) is 5.91 Å². The number of aryl methyl sites for hydroxylation is 1. The number of benzene rings is 2.